The van der Waals surface area contributed by atoms with Gasteiger partial charge in [0.15, 0.2) is 17.4 Å². The number of aromatic nitrogens is 2. The molecule has 6 nitrogen and oxygen atoms in total. The highest BCUT2D eigenvalue weighted by atomic mass is 19.1. The molecule has 1 saturated heterocycles. The summed E-state index contributed by atoms with van der Waals surface area (Å²) < 4.78 is 19.4. The first kappa shape index (κ1) is 18.3. The fraction of sp³-hybridized carbons (Fsp3) is 0.421. The van der Waals surface area contributed by atoms with E-state index in [9.17, 15) is 9.18 Å². The minimum atomic E-state index is -0.959. The van der Waals surface area contributed by atoms with Crippen LogP contribution in [0.1, 0.15) is 44.2 Å². The Kier molecular flexibility index (Phi) is 4.91. The lowest BCUT2D eigenvalue weighted by Gasteiger charge is -2.30. The molecule has 2 aromatic rings. The van der Waals surface area contributed by atoms with Crippen molar-refractivity contribution in [3.63, 3.8) is 0 Å². The molecule has 0 aliphatic carbocycles. The van der Waals surface area contributed by atoms with Gasteiger partial charge < -0.3 is 15.4 Å². The highest BCUT2D eigenvalue weighted by Crippen LogP contribution is 2.33. The highest BCUT2D eigenvalue weighted by molar-refractivity contribution is 5.85. The summed E-state index contributed by atoms with van der Waals surface area (Å²) >= 11 is 0. The summed E-state index contributed by atoms with van der Waals surface area (Å²) in [4.78, 5) is 23.3. The molecule has 0 unspecified atom stereocenters. The van der Waals surface area contributed by atoms with Crippen molar-refractivity contribution in [2.45, 2.75) is 45.2 Å². The molecule has 1 aliphatic heterocycles. The quantitative estimate of drug-likeness (QED) is 0.908. The van der Waals surface area contributed by atoms with E-state index in [1.807, 2.05) is 6.92 Å². The number of rotatable bonds is 4. The number of carbonyl (C=O) groups is 1. The number of halogens is 1. The Morgan fingerprint density at radius 1 is 1.35 bits per heavy atom. The molecule has 1 aliphatic rings. The summed E-state index contributed by atoms with van der Waals surface area (Å²) in [5, 5.41) is 0. The molecule has 0 saturated carbocycles. The molecule has 0 radical (unpaired) electrons. The Bertz CT molecular complexity index is 819. The van der Waals surface area contributed by atoms with Crippen molar-refractivity contribution < 1.29 is 13.9 Å². The Morgan fingerprint density at radius 2 is 2.08 bits per heavy atom. The van der Waals surface area contributed by atoms with Crippen molar-refractivity contribution in [2.75, 3.05) is 6.54 Å². The fourth-order valence-corrected chi connectivity index (χ4v) is 3.05. The van der Waals surface area contributed by atoms with Gasteiger partial charge in [0.25, 0.3) is 0 Å². The van der Waals surface area contributed by atoms with Crippen molar-refractivity contribution in [3.05, 3.63) is 47.7 Å². The Labute approximate surface area is 152 Å². The number of likely N-dealkylation sites (tertiary alicyclic amines) is 1. The SMILES string of the molecule is Cc1cc(Oc2ccccc2F)nc([C@H]2CCCN2C(=O)C(C)(C)N)n1. The number of nitrogens with two attached hydrogens (primary N) is 1. The van der Waals surface area contributed by atoms with Gasteiger partial charge in [-0.05, 0) is 45.7 Å². The molecule has 1 atom stereocenters. The Balaban J connectivity index is 1.90. The predicted octanol–water partition coefficient (Wildman–Crippen LogP) is 3.12. The average molecular weight is 358 g/mol. The Morgan fingerprint density at radius 3 is 2.77 bits per heavy atom. The van der Waals surface area contributed by atoms with Crippen LogP contribution in [-0.4, -0.2) is 32.9 Å². The molecule has 2 N–H and O–H groups in total. The smallest absolute Gasteiger partial charge is 0.242 e. The normalized spacial score (nSPS) is 17.4. The molecule has 1 amide bonds. The van der Waals surface area contributed by atoms with Crippen molar-refractivity contribution in [2.24, 2.45) is 5.73 Å². The first-order valence-corrected chi connectivity index (χ1v) is 8.63. The van der Waals surface area contributed by atoms with Gasteiger partial charge in [0.1, 0.15) is 0 Å². The van der Waals surface area contributed by atoms with E-state index < -0.39 is 11.4 Å². The maximum absolute atomic E-state index is 13.8. The van der Waals surface area contributed by atoms with Crippen molar-refractivity contribution in [3.8, 4) is 11.6 Å². The van der Waals surface area contributed by atoms with Crippen LogP contribution in [0.3, 0.4) is 0 Å². The van der Waals surface area contributed by atoms with Crippen LogP contribution in [0.4, 0.5) is 4.39 Å². The van der Waals surface area contributed by atoms with Crippen molar-refractivity contribution in [1.29, 1.82) is 0 Å². The fourth-order valence-electron chi connectivity index (χ4n) is 3.05. The van der Waals surface area contributed by atoms with Gasteiger partial charge in [0, 0.05) is 18.3 Å². The van der Waals surface area contributed by atoms with E-state index in [1.165, 1.54) is 12.1 Å². The first-order valence-electron chi connectivity index (χ1n) is 8.63. The number of nitrogens with zero attached hydrogens (tertiary/aromatic N) is 3. The first-order chi connectivity index (χ1) is 12.3. The maximum Gasteiger partial charge on any atom is 0.242 e. The van der Waals surface area contributed by atoms with Crippen LogP contribution in [0.25, 0.3) is 0 Å². The maximum atomic E-state index is 13.8. The monoisotopic (exact) mass is 358 g/mol. The summed E-state index contributed by atoms with van der Waals surface area (Å²) in [5.74, 6) is 0.240. The number of amides is 1. The molecule has 1 aromatic carbocycles. The third-order valence-electron chi connectivity index (χ3n) is 4.26. The van der Waals surface area contributed by atoms with E-state index in [-0.39, 0.29) is 23.6 Å². The Hall–Kier alpha value is -2.54. The van der Waals surface area contributed by atoms with Gasteiger partial charge in [-0.3, -0.25) is 4.79 Å². The lowest BCUT2D eigenvalue weighted by molar-refractivity contribution is -0.136. The van der Waals surface area contributed by atoms with Gasteiger partial charge in [0.2, 0.25) is 11.8 Å². The predicted molar refractivity (Wildman–Crippen MR) is 95.2 cm³/mol. The van der Waals surface area contributed by atoms with Gasteiger partial charge in [-0.25, -0.2) is 9.37 Å². The molecule has 1 aromatic heterocycles. The van der Waals surface area contributed by atoms with E-state index in [2.05, 4.69) is 9.97 Å². The standard InChI is InChI=1S/C19H23FN4O2/c1-12-11-16(26-15-9-5-4-7-13(15)20)23-17(22-12)14-8-6-10-24(14)18(25)19(2,3)21/h4-5,7,9,11,14H,6,8,10,21H2,1-3H3/t14-/m1/s1. The van der Waals surface area contributed by atoms with E-state index in [0.29, 0.717) is 18.1 Å². The summed E-state index contributed by atoms with van der Waals surface area (Å²) in [6, 6.07) is 7.53. The molecule has 0 bridgehead atoms. The van der Waals surface area contributed by atoms with Crippen LogP contribution in [0.15, 0.2) is 30.3 Å². The van der Waals surface area contributed by atoms with E-state index in [4.69, 9.17) is 10.5 Å². The lowest BCUT2D eigenvalue weighted by atomic mass is 10.0. The molecule has 0 spiro atoms. The number of para-hydroxylation sites is 1. The van der Waals surface area contributed by atoms with Crippen LogP contribution < -0.4 is 10.5 Å². The number of hydrogen-bond donors (Lipinski definition) is 1. The van der Waals surface area contributed by atoms with Crippen LogP contribution in [0.5, 0.6) is 11.6 Å². The van der Waals surface area contributed by atoms with Gasteiger partial charge in [-0.15, -0.1) is 0 Å². The van der Waals surface area contributed by atoms with E-state index in [1.54, 1.807) is 36.9 Å². The second kappa shape index (κ2) is 6.99. The minimum absolute atomic E-state index is 0.0963. The second-order valence-electron chi connectivity index (χ2n) is 7.12. The molecule has 3 rings (SSSR count). The number of ether oxygens (including phenoxy) is 1. The third-order valence-corrected chi connectivity index (χ3v) is 4.26. The summed E-state index contributed by atoms with van der Waals surface area (Å²) in [6.07, 6.45) is 1.61. The number of hydrogen-bond acceptors (Lipinski definition) is 5. The van der Waals surface area contributed by atoms with Crippen LogP contribution in [-0.2, 0) is 4.79 Å². The molecule has 1 fully saturated rings. The molecule has 138 valence electrons. The summed E-state index contributed by atoms with van der Waals surface area (Å²) in [6.45, 7) is 5.81. The second-order valence-corrected chi connectivity index (χ2v) is 7.12. The van der Waals surface area contributed by atoms with Gasteiger partial charge in [-0.1, -0.05) is 12.1 Å². The molecular weight excluding hydrogens is 335 g/mol. The third kappa shape index (κ3) is 3.83. The zero-order chi connectivity index (χ0) is 18.9. The van der Waals surface area contributed by atoms with E-state index in [0.717, 1.165) is 12.8 Å². The largest absolute Gasteiger partial charge is 0.436 e. The molecule has 2 heterocycles. The zero-order valence-electron chi connectivity index (χ0n) is 15.2. The summed E-state index contributed by atoms with van der Waals surface area (Å²) in [5.41, 5.74) is 5.71. The number of aryl methyl sites for hydroxylation is 1. The number of carbonyl (C=O) groups excluding carboxylic acids is 1. The number of benzene rings is 1. The van der Waals surface area contributed by atoms with Gasteiger partial charge >= 0.3 is 0 Å². The minimum Gasteiger partial charge on any atom is -0.436 e. The van der Waals surface area contributed by atoms with Crippen molar-refractivity contribution >= 4 is 5.91 Å². The topological polar surface area (TPSA) is 81.3 Å². The van der Waals surface area contributed by atoms with Crippen LogP contribution in [0.2, 0.25) is 0 Å². The van der Waals surface area contributed by atoms with Gasteiger partial charge in [0.05, 0.1) is 11.6 Å². The summed E-state index contributed by atoms with van der Waals surface area (Å²) in [7, 11) is 0. The molecule has 7 heteroatoms. The average Bonchev–Trinajstić information content (AvgIpc) is 3.04. The zero-order valence-corrected chi connectivity index (χ0v) is 15.2. The lowest BCUT2D eigenvalue weighted by Crippen LogP contribution is -2.50. The van der Waals surface area contributed by atoms with Crippen LogP contribution in [0, 0.1) is 12.7 Å². The van der Waals surface area contributed by atoms with Crippen LogP contribution >= 0.6 is 0 Å². The highest BCUT2D eigenvalue weighted by Gasteiger charge is 2.37. The van der Waals surface area contributed by atoms with E-state index >= 15 is 0 Å². The molecular formula is C19H23FN4O2. The molecule has 26 heavy (non-hydrogen) atoms. The van der Waals surface area contributed by atoms with Crippen molar-refractivity contribution in [1.82, 2.24) is 14.9 Å². The van der Waals surface area contributed by atoms with Gasteiger partial charge in [-0.2, -0.15) is 4.98 Å².